The number of hydrogen-bond donors (Lipinski definition) is 1. The highest BCUT2D eigenvalue weighted by molar-refractivity contribution is 7.13. The lowest BCUT2D eigenvalue weighted by molar-refractivity contribution is 0.0849. The number of ether oxygens (including phenoxy) is 1. The fourth-order valence-corrected chi connectivity index (χ4v) is 3.32. The van der Waals surface area contributed by atoms with Crippen molar-refractivity contribution in [1.29, 1.82) is 0 Å². The quantitative estimate of drug-likeness (QED) is 0.905. The minimum Gasteiger partial charge on any atom is -0.376 e. The number of carbonyl (C=O) groups excluding carboxylic acids is 1. The molecule has 0 saturated carbocycles. The molecular weight excluding hydrogens is 310 g/mol. The average Bonchev–Trinajstić information content (AvgIpc) is 3.26. The first-order valence-corrected chi connectivity index (χ1v) is 8.81. The molecule has 1 atom stereocenters. The zero-order valence-electron chi connectivity index (χ0n) is 13.2. The van der Waals surface area contributed by atoms with E-state index in [0.29, 0.717) is 13.1 Å². The molecule has 1 aromatic carbocycles. The van der Waals surface area contributed by atoms with Gasteiger partial charge in [-0.1, -0.05) is 12.1 Å². The summed E-state index contributed by atoms with van der Waals surface area (Å²) in [6, 6.07) is 7.70. The highest BCUT2D eigenvalue weighted by Gasteiger charge is 2.21. The third kappa shape index (κ3) is 4.09. The zero-order valence-corrected chi connectivity index (χ0v) is 14.0. The number of urea groups is 1. The van der Waals surface area contributed by atoms with Crippen molar-refractivity contribution in [1.82, 2.24) is 9.88 Å². The predicted octanol–water partition coefficient (Wildman–Crippen LogP) is 3.84. The topological polar surface area (TPSA) is 54.5 Å². The zero-order chi connectivity index (χ0) is 16.1. The Kier molecular flexibility index (Phi) is 5.25. The second kappa shape index (κ2) is 7.57. The van der Waals surface area contributed by atoms with Crippen molar-refractivity contribution in [2.45, 2.75) is 25.9 Å². The van der Waals surface area contributed by atoms with Crippen LogP contribution in [0.1, 0.15) is 19.8 Å². The lowest BCUT2D eigenvalue weighted by Crippen LogP contribution is -2.39. The molecule has 2 heterocycles. The summed E-state index contributed by atoms with van der Waals surface area (Å²) in [6.07, 6.45) is 4.07. The van der Waals surface area contributed by atoms with Crippen LogP contribution in [0.15, 0.2) is 35.8 Å². The number of benzene rings is 1. The van der Waals surface area contributed by atoms with Gasteiger partial charge in [0.25, 0.3) is 0 Å². The van der Waals surface area contributed by atoms with Crippen LogP contribution in [-0.4, -0.2) is 41.7 Å². The van der Waals surface area contributed by atoms with Crippen molar-refractivity contribution >= 4 is 23.1 Å². The van der Waals surface area contributed by atoms with Gasteiger partial charge in [0.15, 0.2) is 0 Å². The number of rotatable bonds is 5. The summed E-state index contributed by atoms with van der Waals surface area (Å²) in [7, 11) is 0. The van der Waals surface area contributed by atoms with E-state index in [-0.39, 0.29) is 12.1 Å². The van der Waals surface area contributed by atoms with Crippen molar-refractivity contribution < 1.29 is 9.53 Å². The monoisotopic (exact) mass is 331 g/mol. The standard InChI is InChI=1S/C17H21N3O2S/c1-2-20(12-15-7-4-9-22-15)17(21)19-14-6-3-5-13(11-14)16-18-8-10-23-16/h3,5-6,8,10-11,15H,2,4,7,9,12H2,1H3,(H,19,21). The van der Waals surface area contributed by atoms with Crippen molar-refractivity contribution in [3.8, 4) is 10.6 Å². The van der Waals surface area contributed by atoms with Crippen LogP contribution >= 0.6 is 11.3 Å². The molecular formula is C17H21N3O2S. The van der Waals surface area contributed by atoms with Crippen molar-refractivity contribution in [2.24, 2.45) is 0 Å². The van der Waals surface area contributed by atoms with E-state index in [1.807, 2.05) is 36.6 Å². The molecule has 1 fully saturated rings. The molecule has 0 bridgehead atoms. The highest BCUT2D eigenvalue weighted by Crippen LogP contribution is 2.24. The fourth-order valence-electron chi connectivity index (χ4n) is 2.69. The largest absolute Gasteiger partial charge is 0.376 e. The number of nitrogens with zero attached hydrogens (tertiary/aromatic N) is 2. The van der Waals surface area contributed by atoms with E-state index in [1.54, 1.807) is 22.4 Å². The molecule has 1 aliphatic rings. The summed E-state index contributed by atoms with van der Waals surface area (Å²) in [5.74, 6) is 0. The van der Waals surface area contributed by atoms with E-state index in [1.165, 1.54) is 0 Å². The number of carbonyl (C=O) groups is 1. The maximum atomic E-state index is 12.5. The summed E-state index contributed by atoms with van der Waals surface area (Å²) >= 11 is 1.58. The van der Waals surface area contributed by atoms with Crippen LogP contribution in [0.5, 0.6) is 0 Å². The van der Waals surface area contributed by atoms with E-state index in [0.717, 1.165) is 35.7 Å². The third-order valence-electron chi connectivity index (χ3n) is 3.91. The first-order valence-electron chi connectivity index (χ1n) is 7.93. The van der Waals surface area contributed by atoms with Gasteiger partial charge in [0.1, 0.15) is 5.01 Å². The lowest BCUT2D eigenvalue weighted by atomic mass is 10.2. The second-order valence-corrected chi connectivity index (χ2v) is 6.42. The first kappa shape index (κ1) is 16.0. The average molecular weight is 331 g/mol. The normalized spacial score (nSPS) is 17.2. The maximum Gasteiger partial charge on any atom is 0.321 e. The Balaban J connectivity index is 1.65. The van der Waals surface area contributed by atoms with Crippen LogP contribution in [0, 0.1) is 0 Å². The van der Waals surface area contributed by atoms with Gasteiger partial charge < -0.3 is 15.0 Å². The fraction of sp³-hybridized carbons (Fsp3) is 0.412. The Morgan fingerprint density at radius 1 is 1.52 bits per heavy atom. The minimum atomic E-state index is -0.0840. The van der Waals surface area contributed by atoms with Crippen LogP contribution in [0.25, 0.3) is 10.6 Å². The minimum absolute atomic E-state index is 0.0840. The van der Waals surface area contributed by atoms with Crippen molar-refractivity contribution in [3.63, 3.8) is 0 Å². The summed E-state index contributed by atoms with van der Waals surface area (Å²) in [4.78, 5) is 18.6. The Bertz CT molecular complexity index is 639. The third-order valence-corrected chi connectivity index (χ3v) is 4.73. The number of thiazole rings is 1. The molecule has 6 heteroatoms. The molecule has 1 aromatic heterocycles. The maximum absolute atomic E-state index is 12.5. The molecule has 23 heavy (non-hydrogen) atoms. The molecule has 2 amide bonds. The molecule has 0 aliphatic carbocycles. The number of amides is 2. The molecule has 1 unspecified atom stereocenters. The Morgan fingerprint density at radius 2 is 2.43 bits per heavy atom. The molecule has 5 nitrogen and oxygen atoms in total. The number of likely N-dealkylation sites (N-methyl/N-ethyl adjacent to an activating group) is 1. The predicted molar refractivity (Wildman–Crippen MR) is 92.8 cm³/mol. The van der Waals surface area contributed by atoms with Crippen molar-refractivity contribution in [2.75, 3.05) is 25.0 Å². The molecule has 2 aromatic rings. The van der Waals surface area contributed by atoms with Gasteiger partial charge in [0.05, 0.1) is 6.10 Å². The molecule has 0 radical (unpaired) electrons. The summed E-state index contributed by atoms with van der Waals surface area (Å²) < 4.78 is 5.63. The number of nitrogens with one attached hydrogen (secondary N) is 1. The smallest absolute Gasteiger partial charge is 0.321 e. The van der Waals surface area contributed by atoms with E-state index >= 15 is 0 Å². The Morgan fingerprint density at radius 3 is 3.13 bits per heavy atom. The SMILES string of the molecule is CCN(CC1CCCO1)C(=O)Nc1cccc(-c2nccs2)c1. The number of aromatic nitrogens is 1. The second-order valence-electron chi connectivity index (χ2n) is 5.52. The van der Waals surface area contributed by atoms with Crippen LogP contribution in [0.2, 0.25) is 0 Å². The van der Waals surface area contributed by atoms with Gasteiger partial charge in [-0.15, -0.1) is 11.3 Å². The molecule has 0 spiro atoms. The molecule has 3 rings (SSSR count). The van der Waals surface area contributed by atoms with Crippen LogP contribution in [0.3, 0.4) is 0 Å². The van der Waals surface area contributed by atoms with E-state index < -0.39 is 0 Å². The Labute approximate surface area is 140 Å². The number of anilines is 1. The Hall–Kier alpha value is -1.92. The van der Waals surface area contributed by atoms with Crippen molar-refractivity contribution in [3.05, 3.63) is 35.8 Å². The molecule has 1 N–H and O–H groups in total. The van der Waals surface area contributed by atoms with Gasteiger partial charge >= 0.3 is 6.03 Å². The summed E-state index contributed by atoms with van der Waals surface area (Å²) in [5, 5.41) is 5.87. The molecule has 1 aliphatic heterocycles. The van der Waals surface area contributed by atoms with Gasteiger partial charge in [-0.25, -0.2) is 9.78 Å². The summed E-state index contributed by atoms with van der Waals surface area (Å²) in [5.41, 5.74) is 1.80. The molecule has 1 saturated heterocycles. The van der Waals surface area contributed by atoms with E-state index in [2.05, 4.69) is 10.3 Å². The van der Waals surface area contributed by atoms with E-state index in [4.69, 9.17) is 4.74 Å². The number of hydrogen-bond acceptors (Lipinski definition) is 4. The lowest BCUT2D eigenvalue weighted by Gasteiger charge is -2.24. The van der Waals surface area contributed by atoms with Gasteiger partial charge in [0, 0.05) is 42.5 Å². The van der Waals surface area contributed by atoms with E-state index in [9.17, 15) is 4.79 Å². The summed E-state index contributed by atoms with van der Waals surface area (Å²) in [6.45, 7) is 4.10. The van der Waals surface area contributed by atoms with Crippen LogP contribution in [0.4, 0.5) is 10.5 Å². The van der Waals surface area contributed by atoms with Crippen LogP contribution in [-0.2, 0) is 4.74 Å². The van der Waals surface area contributed by atoms with Crippen LogP contribution < -0.4 is 5.32 Å². The van der Waals surface area contributed by atoms with Gasteiger partial charge in [-0.3, -0.25) is 0 Å². The van der Waals surface area contributed by atoms with Gasteiger partial charge in [-0.2, -0.15) is 0 Å². The van der Waals surface area contributed by atoms with Gasteiger partial charge in [0.2, 0.25) is 0 Å². The first-order chi connectivity index (χ1) is 11.3. The molecule has 122 valence electrons. The highest BCUT2D eigenvalue weighted by atomic mass is 32.1. The van der Waals surface area contributed by atoms with Gasteiger partial charge in [-0.05, 0) is 31.9 Å².